The van der Waals surface area contributed by atoms with Crippen molar-refractivity contribution in [3.05, 3.63) is 71.0 Å². The zero-order chi connectivity index (χ0) is 24.9. The van der Waals surface area contributed by atoms with Crippen molar-refractivity contribution in [2.45, 2.75) is 19.9 Å². The second-order valence-corrected chi connectivity index (χ2v) is 9.97. The largest absolute Gasteiger partial charge is 0.463 e. The molecule has 0 spiro atoms. The van der Waals surface area contributed by atoms with Gasteiger partial charge < -0.3 is 23.5 Å². The highest BCUT2D eigenvalue weighted by Crippen LogP contribution is 2.38. The molecule has 0 radical (unpaired) electrons. The van der Waals surface area contributed by atoms with Gasteiger partial charge in [-0.25, -0.2) is 9.79 Å². The van der Waals surface area contributed by atoms with Crippen LogP contribution in [0.3, 0.4) is 0 Å². The van der Waals surface area contributed by atoms with Crippen LogP contribution in [0.2, 0.25) is 0 Å². The number of carbonyl (C=O) groups excluding carboxylic acids is 1. The summed E-state index contributed by atoms with van der Waals surface area (Å²) in [6, 6.07) is 6.45. The molecule has 0 saturated heterocycles. The average Bonchev–Trinajstić information content (AvgIpc) is 3.50. The lowest BCUT2D eigenvalue weighted by molar-refractivity contribution is -0.139. The van der Waals surface area contributed by atoms with Gasteiger partial charge in [0, 0.05) is 26.2 Å². The van der Waals surface area contributed by atoms with E-state index in [1.807, 2.05) is 25.1 Å². The predicted molar refractivity (Wildman–Crippen MR) is 134 cm³/mol. The van der Waals surface area contributed by atoms with E-state index in [1.54, 1.807) is 38.1 Å². The number of carbonyl (C=O) groups is 1. The van der Waals surface area contributed by atoms with E-state index >= 15 is 0 Å². The molecule has 0 bridgehead atoms. The van der Waals surface area contributed by atoms with E-state index in [2.05, 4.69) is 20.9 Å². The lowest BCUT2D eigenvalue weighted by Gasteiger charge is -2.24. The summed E-state index contributed by atoms with van der Waals surface area (Å²) in [5.41, 5.74) is 1.20. The maximum absolute atomic E-state index is 13.7. The van der Waals surface area contributed by atoms with Crippen molar-refractivity contribution in [3.63, 3.8) is 0 Å². The maximum Gasteiger partial charge on any atom is 0.338 e. The van der Waals surface area contributed by atoms with Gasteiger partial charge >= 0.3 is 5.97 Å². The molecule has 9 nitrogen and oxygen atoms in total. The maximum atomic E-state index is 13.7. The Morgan fingerprint density at radius 2 is 2.09 bits per heavy atom. The summed E-state index contributed by atoms with van der Waals surface area (Å²) in [6.07, 6.45) is 1.68. The lowest BCUT2D eigenvalue weighted by atomic mass is 9.95. The summed E-state index contributed by atoms with van der Waals surface area (Å²) in [5, 5.41) is 0. The van der Waals surface area contributed by atoms with E-state index in [-0.39, 0.29) is 19.0 Å². The molecule has 1 aromatic carbocycles. The Morgan fingerprint density at radius 3 is 2.80 bits per heavy atom. The van der Waals surface area contributed by atoms with Gasteiger partial charge in [0.05, 0.1) is 32.9 Å². The Bertz CT molecular complexity index is 1550. The Labute approximate surface area is 212 Å². The normalized spacial score (nSPS) is 16.8. The van der Waals surface area contributed by atoms with Crippen LogP contribution < -0.4 is 29.3 Å². The van der Waals surface area contributed by atoms with Crippen LogP contribution in [0.25, 0.3) is 6.08 Å². The number of fused-ring (bicyclic) bond motifs is 2. The second kappa shape index (κ2) is 9.04. The first-order valence-electron chi connectivity index (χ1n) is 10.8. The number of allylic oxidation sites excluding steroid dienone is 1. The van der Waals surface area contributed by atoms with Crippen LogP contribution in [0.4, 0.5) is 5.88 Å². The molecule has 2 aromatic heterocycles. The molecule has 2 aliphatic rings. The van der Waals surface area contributed by atoms with Crippen LogP contribution in [0.5, 0.6) is 11.5 Å². The summed E-state index contributed by atoms with van der Waals surface area (Å²) in [4.78, 5) is 33.6. The number of esters is 1. The van der Waals surface area contributed by atoms with E-state index in [0.29, 0.717) is 49.3 Å². The minimum Gasteiger partial charge on any atom is -0.463 e. The molecule has 2 aliphatic heterocycles. The number of hydrogen-bond donors (Lipinski definition) is 0. The standard InChI is InChI=1S/C24H22BrN3O6S/c1-5-31-23(30)19-12(2)26-24-28(20(19)13-6-7-16-17(8-13)33-11-32-16)21(29)18(35-24)10-14-9-15(25)22(34-14)27(3)4/h6-10,20H,5,11H2,1-4H3/b18-10+/t20-/m1/s1. The van der Waals surface area contributed by atoms with E-state index in [1.165, 1.54) is 15.9 Å². The summed E-state index contributed by atoms with van der Waals surface area (Å²) < 4.78 is 24.9. The zero-order valence-electron chi connectivity index (χ0n) is 19.5. The summed E-state index contributed by atoms with van der Waals surface area (Å²) in [7, 11) is 3.73. The molecule has 5 rings (SSSR count). The number of furan rings is 1. The number of hydrogen-bond acceptors (Lipinski definition) is 9. The number of rotatable bonds is 5. The van der Waals surface area contributed by atoms with Gasteiger partial charge in [-0.05, 0) is 47.5 Å². The van der Waals surface area contributed by atoms with Crippen LogP contribution in [-0.2, 0) is 9.53 Å². The summed E-state index contributed by atoms with van der Waals surface area (Å²) >= 11 is 4.72. The van der Waals surface area contributed by atoms with E-state index in [9.17, 15) is 9.59 Å². The number of nitrogens with zero attached hydrogens (tertiary/aromatic N) is 3. The first-order valence-corrected chi connectivity index (χ1v) is 12.4. The van der Waals surface area contributed by atoms with Crippen LogP contribution in [0.15, 0.2) is 54.2 Å². The Balaban J connectivity index is 1.70. The minimum atomic E-state index is -0.734. The van der Waals surface area contributed by atoms with Gasteiger partial charge in [0.15, 0.2) is 16.3 Å². The first kappa shape index (κ1) is 23.4. The van der Waals surface area contributed by atoms with Crippen molar-refractivity contribution in [1.82, 2.24) is 4.57 Å². The van der Waals surface area contributed by atoms with Gasteiger partial charge in [0.1, 0.15) is 5.76 Å². The molecule has 3 aromatic rings. The van der Waals surface area contributed by atoms with Gasteiger partial charge in [-0.2, -0.15) is 0 Å². The molecule has 1 atom stereocenters. The van der Waals surface area contributed by atoms with Crippen molar-refractivity contribution >= 4 is 45.2 Å². The quantitative estimate of drug-likeness (QED) is 0.443. The van der Waals surface area contributed by atoms with Gasteiger partial charge in [0.25, 0.3) is 5.56 Å². The third kappa shape index (κ3) is 4.08. The Kier molecular flexibility index (Phi) is 6.06. The number of thiazole rings is 1. The van der Waals surface area contributed by atoms with Crippen molar-refractivity contribution in [1.29, 1.82) is 0 Å². The fourth-order valence-electron chi connectivity index (χ4n) is 4.07. The lowest BCUT2D eigenvalue weighted by Crippen LogP contribution is -2.39. The minimum absolute atomic E-state index is 0.120. The van der Waals surface area contributed by atoms with Crippen LogP contribution in [-0.4, -0.2) is 38.0 Å². The first-order chi connectivity index (χ1) is 16.8. The van der Waals surface area contributed by atoms with Crippen molar-refractivity contribution in [3.8, 4) is 11.5 Å². The monoisotopic (exact) mass is 559 g/mol. The molecule has 0 fully saturated rings. The van der Waals surface area contributed by atoms with E-state index in [0.717, 1.165) is 4.47 Å². The SMILES string of the molecule is CCOC(=O)C1=C(C)N=c2s/c(=C/c3cc(Br)c(N(C)C)o3)c(=O)n2[C@@H]1c1ccc2c(c1)OCO2. The highest BCUT2D eigenvalue weighted by Gasteiger charge is 2.34. The number of ether oxygens (including phenoxy) is 3. The van der Waals surface area contributed by atoms with Crippen molar-refractivity contribution < 1.29 is 23.4 Å². The third-order valence-electron chi connectivity index (χ3n) is 5.60. The number of benzene rings is 1. The molecule has 0 unspecified atom stereocenters. The topological polar surface area (TPSA) is 95.5 Å². The Hall–Kier alpha value is -3.31. The van der Waals surface area contributed by atoms with Gasteiger partial charge in [0.2, 0.25) is 12.7 Å². The highest BCUT2D eigenvalue weighted by molar-refractivity contribution is 9.10. The van der Waals surface area contributed by atoms with Gasteiger partial charge in [-0.15, -0.1) is 0 Å². The van der Waals surface area contributed by atoms with Crippen molar-refractivity contribution in [2.24, 2.45) is 4.99 Å². The average molecular weight is 560 g/mol. The van der Waals surface area contributed by atoms with Crippen LogP contribution >= 0.6 is 27.3 Å². The fraction of sp³-hybridized carbons (Fsp3) is 0.292. The molecular formula is C24H22BrN3O6S. The fourth-order valence-corrected chi connectivity index (χ4v) is 5.76. The molecule has 0 saturated carbocycles. The van der Waals surface area contributed by atoms with Gasteiger partial charge in [-0.1, -0.05) is 17.4 Å². The third-order valence-corrected chi connectivity index (χ3v) is 7.15. The number of aromatic nitrogens is 1. The van der Waals surface area contributed by atoms with Crippen LogP contribution in [0, 0.1) is 0 Å². The molecule has 0 amide bonds. The second-order valence-electron chi connectivity index (χ2n) is 8.11. The van der Waals surface area contributed by atoms with E-state index in [4.69, 9.17) is 18.6 Å². The number of halogens is 1. The smallest absolute Gasteiger partial charge is 0.338 e. The van der Waals surface area contributed by atoms with Crippen LogP contribution in [0.1, 0.15) is 31.2 Å². The molecule has 0 aliphatic carbocycles. The molecule has 182 valence electrons. The summed E-state index contributed by atoms with van der Waals surface area (Å²) in [5.74, 6) is 1.81. The predicted octanol–water partition coefficient (Wildman–Crippen LogP) is 2.95. The molecule has 4 heterocycles. The highest BCUT2D eigenvalue weighted by atomic mass is 79.9. The Morgan fingerprint density at radius 1 is 1.31 bits per heavy atom. The van der Waals surface area contributed by atoms with Gasteiger partial charge in [-0.3, -0.25) is 9.36 Å². The summed E-state index contributed by atoms with van der Waals surface area (Å²) in [6.45, 7) is 3.81. The zero-order valence-corrected chi connectivity index (χ0v) is 21.9. The molecule has 0 N–H and O–H groups in total. The molecule has 35 heavy (non-hydrogen) atoms. The van der Waals surface area contributed by atoms with E-state index < -0.39 is 12.0 Å². The van der Waals surface area contributed by atoms with Crippen molar-refractivity contribution in [2.75, 3.05) is 32.4 Å². The molecule has 11 heteroatoms. The molecular weight excluding hydrogens is 538 g/mol. The number of anilines is 1.